The number of nitrogens with zero attached hydrogens (tertiary/aromatic N) is 1. The van der Waals surface area contributed by atoms with Gasteiger partial charge in [-0.15, -0.1) is 0 Å². The van der Waals surface area contributed by atoms with Crippen molar-refractivity contribution in [2.75, 3.05) is 26.2 Å². The second kappa shape index (κ2) is 6.72. The summed E-state index contributed by atoms with van der Waals surface area (Å²) in [7, 11) is 0. The highest BCUT2D eigenvalue weighted by molar-refractivity contribution is 6.00. The molecule has 110 valence electrons. The molecule has 20 heavy (non-hydrogen) atoms. The molecule has 1 saturated heterocycles. The van der Waals surface area contributed by atoms with Crippen LogP contribution in [-0.4, -0.2) is 53.1 Å². The third-order valence-electron chi connectivity index (χ3n) is 3.86. The molecule has 5 nitrogen and oxygen atoms in total. The number of hydrogen-bond acceptors (Lipinski definition) is 5. The number of rotatable bonds is 5. The minimum absolute atomic E-state index is 0.0373. The summed E-state index contributed by atoms with van der Waals surface area (Å²) in [4.78, 5) is 14.5. The van der Waals surface area contributed by atoms with E-state index in [1.54, 1.807) is 0 Å². The second-order valence-electron chi connectivity index (χ2n) is 5.17. The van der Waals surface area contributed by atoms with E-state index in [0.29, 0.717) is 12.6 Å². The molecule has 1 aliphatic heterocycles. The van der Waals surface area contributed by atoms with Crippen LogP contribution in [0.4, 0.5) is 0 Å². The molecular formula is C15H22N2O3. The smallest absolute Gasteiger partial charge is 0.180 e. The van der Waals surface area contributed by atoms with Crippen LogP contribution in [0.3, 0.4) is 0 Å². The van der Waals surface area contributed by atoms with Crippen molar-refractivity contribution in [1.29, 1.82) is 0 Å². The van der Waals surface area contributed by atoms with Gasteiger partial charge in [-0.3, -0.25) is 9.69 Å². The normalized spacial score (nSPS) is 16.5. The molecule has 0 atom stereocenters. The molecule has 2 rings (SSSR count). The number of phenolic OH excluding ortho intramolecular Hbond substituents is 2. The van der Waals surface area contributed by atoms with Crippen molar-refractivity contribution in [3.63, 3.8) is 0 Å². The van der Waals surface area contributed by atoms with E-state index in [2.05, 4.69) is 10.2 Å². The Morgan fingerprint density at radius 2 is 2.05 bits per heavy atom. The minimum atomic E-state index is -0.156. The molecule has 0 spiro atoms. The number of aromatic hydroxyl groups is 2. The molecule has 1 aliphatic rings. The maximum absolute atomic E-state index is 12.3. The van der Waals surface area contributed by atoms with Gasteiger partial charge in [-0.05, 0) is 44.6 Å². The van der Waals surface area contributed by atoms with Gasteiger partial charge >= 0.3 is 0 Å². The van der Waals surface area contributed by atoms with Crippen molar-refractivity contribution < 1.29 is 15.0 Å². The summed E-state index contributed by atoms with van der Waals surface area (Å²) in [5.74, 6) is -0.302. The van der Waals surface area contributed by atoms with Gasteiger partial charge in [0.15, 0.2) is 5.78 Å². The van der Waals surface area contributed by atoms with Gasteiger partial charge in [0.2, 0.25) is 0 Å². The highest BCUT2D eigenvalue weighted by atomic mass is 16.3. The second-order valence-corrected chi connectivity index (χ2v) is 5.17. The standard InChI is InChI=1S/C15H22N2O3/c1-2-17(11-5-7-16-8-6-11)10-15(20)13-4-3-12(18)9-14(13)19/h3-4,9,11,16,18-19H,2,5-8,10H2,1H3. The molecule has 0 aliphatic carbocycles. The van der Waals surface area contributed by atoms with Crippen LogP contribution >= 0.6 is 0 Å². The lowest BCUT2D eigenvalue weighted by Gasteiger charge is -2.33. The topological polar surface area (TPSA) is 72.8 Å². The SMILES string of the molecule is CCN(CC(=O)c1ccc(O)cc1O)C1CCNCC1. The molecule has 0 saturated carbocycles. The molecule has 1 heterocycles. The summed E-state index contributed by atoms with van der Waals surface area (Å²) in [5.41, 5.74) is 0.273. The van der Waals surface area contributed by atoms with Crippen molar-refractivity contribution in [2.45, 2.75) is 25.8 Å². The first-order chi connectivity index (χ1) is 9.61. The van der Waals surface area contributed by atoms with Crippen molar-refractivity contribution in [3.05, 3.63) is 23.8 Å². The zero-order chi connectivity index (χ0) is 14.5. The quantitative estimate of drug-likeness (QED) is 0.709. The van der Waals surface area contributed by atoms with E-state index in [1.165, 1.54) is 18.2 Å². The van der Waals surface area contributed by atoms with Crippen LogP contribution in [0.1, 0.15) is 30.1 Å². The maximum Gasteiger partial charge on any atom is 0.180 e. The van der Waals surface area contributed by atoms with Crippen molar-refractivity contribution in [1.82, 2.24) is 10.2 Å². The molecule has 0 unspecified atom stereocenters. The zero-order valence-electron chi connectivity index (χ0n) is 11.8. The van der Waals surface area contributed by atoms with Gasteiger partial charge in [-0.1, -0.05) is 6.92 Å². The number of ketones is 1. The fourth-order valence-corrected chi connectivity index (χ4v) is 2.70. The molecule has 0 aromatic heterocycles. The van der Waals surface area contributed by atoms with Gasteiger partial charge in [0.1, 0.15) is 11.5 Å². The number of piperidine rings is 1. The van der Waals surface area contributed by atoms with Gasteiger partial charge in [0, 0.05) is 12.1 Å². The van der Waals surface area contributed by atoms with Gasteiger partial charge in [0.25, 0.3) is 0 Å². The number of carbonyl (C=O) groups is 1. The summed E-state index contributed by atoms with van der Waals surface area (Å²) < 4.78 is 0. The van der Waals surface area contributed by atoms with E-state index < -0.39 is 0 Å². The molecule has 3 N–H and O–H groups in total. The van der Waals surface area contributed by atoms with Crippen LogP contribution in [0.2, 0.25) is 0 Å². The van der Waals surface area contributed by atoms with Crippen molar-refractivity contribution >= 4 is 5.78 Å². The average molecular weight is 278 g/mol. The Kier molecular flexibility index (Phi) is 4.98. The number of carbonyl (C=O) groups excluding carboxylic acids is 1. The average Bonchev–Trinajstić information content (AvgIpc) is 2.45. The summed E-state index contributed by atoms with van der Waals surface area (Å²) in [6, 6.07) is 4.52. The molecule has 5 heteroatoms. The molecular weight excluding hydrogens is 256 g/mol. The Bertz CT molecular complexity index is 470. The lowest BCUT2D eigenvalue weighted by atomic mass is 10.0. The summed E-state index contributed by atoms with van der Waals surface area (Å²) >= 11 is 0. The van der Waals surface area contributed by atoms with Crippen LogP contribution in [0, 0.1) is 0 Å². The highest BCUT2D eigenvalue weighted by Gasteiger charge is 2.23. The molecule has 1 aromatic carbocycles. The van der Waals surface area contributed by atoms with E-state index in [4.69, 9.17) is 0 Å². The molecule has 1 aromatic rings. The first-order valence-corrected chi connectivity index (χ1v) is 7.11. The number of likely N-dealkylation sites (N-methyl/N-ethyl adjacent to an activating group) is 1. The van der Waals surface area contributed by atoms with E-state index in [-0.39, 0.29) is 22.8 Å². The predicted molar refractivity (Wildman–Crippen MR) is 77.2 cm³/mol. The fraction of sp³-hybridized carbons (Fsp3) is 0.533. The Labute approximate surface area is 119 Å². The number of phenols is 2. The summed E-state index contributed by atoms with van der Waals surface area (Å²) in [5, 5.41) is 22.3. The monoisotopic (exact) mass is 278 g/mol. The minimum Gasteiger partial charge on any atom is -0.508 e. The Hall–Kier alpha value is -1.59. The van der Waals surface area contributed by atoms with Crippen LogP contribution in [0.15, 0.2) is 18.2 Å². The zero-order valence-corrected chi connectivity index (χ0v) is 11.8. The first kappa shape index (κ1) is 14.8. The Morgan fingerprint density at radius 1 is 1.35 bits per heavy atom. The largest absolute Gasteiger partial charge is 0.508 e. The third-order valence-corrected chi connectivity index (χ3v) is 3.86. The van der Waals surface area contributed by atoms with Gasteiger partial charge < -0.3 is 15.5 Å². The highest BCUT2D eigenvalue weighted by Crippen LogP contribution is 2.23. The fourth-order valence-electron chi connectivity index (χ4n) is 2.70. The van der Waals surface area contributed by atoms with E-state index in [1.807, 2.05) is 6.92 Å². The van der Waals surface area contributed by atoms with E-state index in [0.717, 1.165) is 32.5 Å². The number of hydrogen-bond donors (Lipinski definition) is 3. The Morgan fingerprint density at radius 3 is 2.65 bits per heavy atom. The van der Waals surface area contributed by atoms with Crippen molar-refractivity contribution in [2.24, 2.45) is 0 Å². The van der Waals surface area contributed by atoms with Crippen molar-refractivity contribution in [3.8, 4) is 11.5 Å². The van der Waals surface area contributed by atoms with Gasteiger partial charge in [0.05, 0.1) is 12.1 Å². The first-order valence-electron chi connectivity index (χ1n) is 7.11. The number of nitrogens with one attached hydrogen (secondary N) is 1. The van der Waals surface area contributed by atoms with Crippen LogP contribution in [0.25, 0.3) is 0 Å². The third kappa shape index (κ3) is 3.49. The summed E-state index contributed by atoms with van der Waals surface area (Å²) in [6.07, 6.45) is 2.09. The van der Waals surface area contributed by atoms with E-state index >= 15 is 0 Å². The number of benzene rings is 1. The Balaban J connectivity index is 2.04. The maximum atomic E-state index is 12.3. The van der Waals surface area contributed by atoms with Crippen LogP contribution in [-0.2, 0) is 0 Å². The predicted octanol–water partition coefficient (Wildman–Crippen LogP) is 1.35. The van der Waals surface area contributed by atoms with Crippen LogP contribution in [0.5, 0.6) is 11.5 Å². The van der Waals surface area contributed by atoms with E-state index in [9.17, 15) is 15.0 Å². The molecule has 0 radical (unpaired) electrons. The molecule has 0 amide bonds. The molecule has 1 fully saturated rings. The summed E-state index contributed by atoms with van der Waals surface area (Å²) in [6.45, 7) is 5.14. The van der Waals surface area contributed by atoms with Gasteiger partial charge in [-0.25, -0.2) is 0 Å². The number of Topliss-reactive ketones (excluding diaryl/α,β-unsaturated/α-hetero) is 1. The lowest BCUT2D eigenvalue weighted by molar-refractivity contribution is 0.0871. The van der Waals surface area contributed by atoms with Crippen LogP contribution < -0.4 is 5.32 Å². The van der Waals surface area contributed by atoms with Gasteiger partial charge in [-0.2, -0.15) is 0 Å². The lowest BCUT2D eigenvalue weighted by Crippen LogP contribution is -2.45. The molecule has 0 bridgehead atoms.